The van der Waals surface area contributed by atoms with Gasteiger partial charge in [-0.3, -0.25) is 4.79 Å². The Morgan fingerprint density at radius 1 is 1.27 bits per heavy atom. The van der Waals surface area contributed by atoms with Crippen LogP contribution in [0.5, 0.6) is 5.75 Å². The molecule has 0 amide bonds. The molecule has 0 N–H and O–H groups in total. The van der Waals surface area contributed by atoms with Crippen LogP contribution in [0.15, 0.2) is 42.5 Å². The zero-order valence-electron chi connectivity index (χ0n) is 13.3. The third-order valence-corrected chi connectivity index (χ3v) is 4.38. The molecule has 0 aliphatic carbocycles. The van der Waals surface area contributed by atoms with Gasteiger partial charge in [-0.05, 0) is 50.1 Å². The molecule has 22 heavy (non-hydrogen) atoms. The first-order valence-electron chi connectivity index (χ1n) is 7.62. The number of benzene rings is 2. The van der Waals surface area contributed by atoms with E-state index in [1.54, 1.807) is 14.0 Å². The minimum atomic E-state index is 0.0822. The van der Waals surface area contributed by atoms with Crippen molar-refractivity contribution in [3.8, 4) is 5.75 Å². The van der Waals surface area contributed by atoms with Crippen molar-refractivity contribution in [3.63, 3.8) is 0 Å². The zero-order valence-corrected chi connectivity index (χ0v) is 13.3. The highest BCUT2D eigenvalue weighted by Crippen LogP contribution is 2.34. The lowest BCUT2D eigenvalue weighted by Gasteiger charge is -2.26. The second-order valence-corrected chi connectivity index (χ2v) is 5.89. The number of para-hydroxylation sites is 1. The maximum Gasteiger partial charge on any atom is 0.159 e. The molecule has 3 nitrogen and oxygen atoms in total. The summed E-state index contributed by atoms with van der Waals surface area (Å²) in [5, 5.41) is 0. The topological polar surface area (TPSA) is 29.5 Å². The standard InChI is InChI=1S/C19H21NO2/c1-13-10-16-6-4-5-7-18(16)20(13)12-17-11-15(14(2)21)8-9-19(17)22-3/h4-9,11,13H,10,12H2,1-3H3/t13-/m0/s1. The molecule has 3 heteroatoms. The average Bonchev–Trinajstić information content (AvgIpc) is 2.83. The van der Waals surface area contributed by atoms with Crippen molar-refractivity contribution < 1.29 is 9.53 Å². The molecule has 0 saturated heterocycles. The van der Waals surface area contributed by atoms with Crippen LogP contribution < -0.4 is 9.64 Å². The number of fused-ring (bicyclic) bond motifs is 1. The van der Waals surface area contributed by atoms with E-state index in [0.29, 0.717) is 6.04 Å². The molecule has 0 unspecified atom stereocenters. The molecular weight excluding hydrogens is 274 g/mol. The van der Waals surface area contributed by atoms with E-state index in [2.05, 4.69) is 36.1 Å². The number of hydrogen-bond acceptors (Lipinski definition) is 3. The van der Waals surface area contributed by atoms with E-state index in [0.717, 1.165) is 29.8 Å². The Morgan fingerprint density at radius 3 is 2.77 bits per heavy atom. The molecule has 114 valence electrons. The van der Waals surface area contributed by atoms with Gasteiger partial charge in [0.15, 0.2) is 5.78 Å². The first kappa shape index (κ1) is 14.6. The minimum absolute atomic E-state index is 0.0822. The number of carbonyl (C=O) groups excluding carboxylic acids is 1. The van der Waals surface area contributed by atoms with Gasteiger partial charge in [0, 0.05) is 29.4 Å². The summed E-state index contributed by atoms with van der Waals surface area (Å²) in [6.45, 7) is 4.59. The Kier molecular flexibility index (Phi) is 3.88. The van der Waals surface area contributed by atoms with E-state index in [9.17, 15) is 4.79 Å². The smallest absolute Gasteiger partial charge is 0.159 e. The van der Waals surface area contributed by atoms with Gasteiger partial charge in [-0.25, -0.2) is 0 Å². The van der Waals surface area contributed by atoms with Gasteiger partial charge in [0.05, 0.1) is 7.11 Å². The average molecular weight is 295 g/mol. The van der Waals surface area contributed by atoms with Crippen molar-refractivity contribution in [2.75, 3.05) is 12.0 Å². The molecular formula is C19H21NO2. The maximum atomic E-state index is 11.6. The van der Waals surface area contributed by atoms with E-state index in [1.807, 2.05) is 18.2 Å². The third-order valence-electron chi connectivity index (χ3n) is 4.38. The van der Waals surface area contributed by atoms with E-state index >= 15 is 0 Å². The first-order valence-corrected chi connectivity index (χ1v) is 7.62. The fourth-order valence-electron chi connectivity index (χ4n) is 3.18. The monoisotopic (exact) mass is 295 g/mol. The van der Waals surface area contributed by atoms with Crippen LogP contribution in [0.3, 0.4) is 0 Å². The molecule has 1 atom stereocenters. The van der Waals surface area contributed by atoms with E-state index in [-0.39, 0.29) is 5.78 Å². The summed E-state index contributed by atoms with van der Waals surface area (Å²) in [6, 6.07) is 14.6. The van der Waals surface area contributed by atoms with Crippen molar-refractivity contribution in [3.05, 3.63) is 59.2 Å². The molecule has 0 radical (unpaired) electrons. The van der Waals surface area contributed by atoms with Gasteiger partial charge in [0.1, 0.15) is 5.75 Å². The first-order chi connectivity index (χ1) is 10.6. The van der Waals surface area contributed by atoms with E-state index < -0.39 is 0 Å². The Bertz CT molecular complexity index is 708. The summed E-state index contributed by atoms with van der Waals surface area (Å²) in [7, 11) is 1.67. The van der Waals surface area contributed by atoms with Crippen molar-refractivity contribution >= 4 is 11.5 Å². The lowest BCUT2D eigenvalue weighted by molar-refractivity contribution is 0.101. The molecule has 2 aromatic rings. The third kappa shape index (κ3) is 2.59. The summed E-state index contributed by atoms with van der Waals surface area (Å²) in [6.07, 6.45) is 1.06. The normalized spacial score (nSPS) is 16.5. The van der Waals surface area contributed by atoms with Gasteiger partial charge in [0.25, 0.3) is 0 Å². The van der Waals surface area contributed by atoms with Crippen LogP contribution >= 0.6 is 0 Å². The van der Waals surface area contributed by atoms with Crippen LogP contribution in [0.2, 0.25) is 0 Å². The number of methoxy groups -OCH3 is 1. The van der Waals surface area contributed by atoms with Crippen LogP contribution in [0, 0.1) is 0 Å². The fourth-order valence-corrected chi connectivity index (χ4v) is 3.18. The highest BCUT2D eigenvalue weighted by molar-refractivity contribution is 5.94. The SMILES string of the molecule is COc1ccc(C(C)=O)cc1CN1c2ccccc2C[C@@H]1C. The Labute approximate surface area is 131 Å². The molecule has 1 heterocycles. The van der Waals surface area contributed by atoms with Crippen molar-refractivity contribution in [2.45, 2.75) is 32.9 Å². The van der Waals surface area contributed by atoms with Crippen molar-refractivity contribution in [1.29, 1.82) is 0 Å². The lowest BCUT2D eigenvalue weighted by Crippen LogP contribution is -2.28. The number of nitrogens with zero attached hydrogens (tertiary/aromatic N) is 1. The van der Waals surface area contributed by atoms with Crippen LogP contribution in [-0.4, -0.2) is 18.9 Å². The molecule has 0 spiro atoms. The number of rotatable bonds is 4. The summed E-state index contributed by atoms with van der Waals surface area (Å²) in [5.74, 6) is 0.917. The minimum Gasteiger partial charge on any atom is -0.496 e. The molecule has 3 rings (SSSR count). The summed E-state index contributed by atoms with van der Waals surface area (Å²) in [5.41, 5.74) is 4.46. The van der Waals surface area contributed by atoms with Crippen LogP contribution in [0.25, 0.3) is 0 Å². The number of hydrogen-bond donors (Lipinski definition) is 0. The number of ether oxygens (including phenoxy) is 1. The predicted molar refractivity (Wildman–Crippen MR) is 88.8 cm³/mol. The van der Waals surface area contributed by atoms with Crippen LogP contribution in [0.4, 0.5) is 5.69 Å². The summed E-state index contributed by atoms with van der Waals surface area (Å²) < 4.78 is 5.48. The second-order valence-electron chi connectivity index (χ2n) is 5.89. The van der Waals surface area contributed by atoms with Gasteiger partial charge in [-0.15, -0.1) is 0 Å². The van der Waals surface area contributed by atoms with Gasteiger partial charge in [-0.1, -0.05) is 18.2 Å². The quantitative estimate of drug-likeness (QED) is 0.802. The molecule has 1 aliphatic rings. The largest absolute Gasteiger partial charge is 0.496 e. The number of Topliss-reactive ketones (excluding diaryl/α,β-unsaturated/α-hetero) is 1. The lowest BCUT2D eigenvalue weighted by atomic mass is 10.1. The molecule has 2 aromatic carbocycles. The number of ketones is 1. The molecule has 0 aromatic heterocycles. The molecule has 0 saturated carbocycles. The van der Waals surface area contributed by atoms with Crippen molar-refractivity contribution in [1.82, 2.24) is 0 Å². The molecule has 0 fully saturated rings. The van der Waals surface area contributed by atoms with Crippen LogP contribution in [0.1, 0.15) is 35.3 Å². The highest BCUT2D eigenvalue weighted by atomic mass is 16.5. The van der Waals surface area contributed by atoms with Crippen molar-refractivity contribution in [2.24, 2.45) is 0 Å². The predicted octanol–water partition coefficient (Wildman–Crippen LogP) is 3.85. The molecule has 1 aliphatic heterocycles. The second kappa shape index (κ2) is 5.84. The zero-order chi connectivity index (χ0) is 15.7. The summed E-state index contributed by atoms with van der Waals surface area (Å²) >= 11 is 0. The van der Waals surface area contributed by atoms with Gasteiger partial charge < -0.3 is 9.64 Å². The Morgan fingerprint density at radius 2 is 2.05 bits per heavy atom. The maximum absolute atomic E-state index is 11.6. The fraction of sp³-hybridized carbons (Fsp3) is 0.316. The van der Waals surface area contributed by atoms with Gasteiger partial charge >= 0.3 is 0 Å². The highest BCUT2D eigenvalue weighted by Gasteiger charge is 2.26. The van der Waals surface area contributed by atoms with Gasteiger partial charge in [0.2, 0.25) is 0 Å². The Hall–Kier alpha value is -2.29. The van der Waals surface area contributed by atoms with Crippen LogP contribution in [-0.2, 0) is 13.0 Å². The van der Waals surface area contributed by atoms with E-state index in [4.69, 9.17) is 4.74 Å². The number of carbonyl (C=O) groups is 1. The van der Waals surface area contributed by atoms with E-state index in [1.165, 1.54) is 11.3 Å². The van der Waals surface area contributed by atoms with Gasteiger partial charge in [-0.2, -0.15) is 0 Å². The Balaban J connectivity index is 1.96. The number of anilines is 1. The summed E-state index contributed by atoms with van der Waals surface area (Å²) in [4.78, 5) is 14.0. The molecule has 0 bridgehead atoms.